The number of allylic oxidation sites excluding steroid dienone is 8. The number of nitrogens with zero attached hydrogens (tertiary/aromatic N) is 8. The fourth-order valence-corrected chi connectivity index (χ4v) is 21.8. The zero-order chi connectivity index (χ0) is 113. The van der Waals surface area contributed by atoms with E-state index in [1.165, 1.54) is 69.6 Å². The summed E-state index contributed by atoms with van der Waals surface area (Å²) in [5.74, 6) is -16.2. The van der Waals surface area contributed by atoms with E-state index in [0.717, 1.165) is 18.4 Å². The molecular weight excluding hydrogens is 1890 g/mol. The molecule has 842 valence electrons. The number of esters is 1. The monoisotopic (exact) mass is 2080 g/mol. The van der Waals surface area contributed by atoms with Gasteiger partial charge in [-0.25, -0.2) is 4.79 Å². The van der Waals surface area contributed by atoms with Gasteiger partial charge in [-0.05, 0) is 214 Å². The van der Waals surface area contributed by atoms with E-state index in [0.29, 0.717) is 76.2 Å². The number of likely N-dealkylation sites (N-methyl/N-ethyl adjacent to an activating group) is 7. The van der Waals surface area contributed by atoms with Gasteiger partial charge in [0.1, 0.15) is 48.3 Å². The Morgan fingerprint density at radius 3 is 1.69 bits per heavy atom. The summed E-state index contributed by atoms with van der Waals surface area (Å²) in [6.07, 6.45) is 15.7. The molecule has 32 nitrogen and oxygen atoms in total. The third-order valence-corrected chi connectivity index (χ3v) is 31.5. The number of hydrogen-bond acceptors (Lipinski definition) is 24. The number of ether oxygens (including phenoxy) is 4. The van der Waals surface area contributed by atoms with Crippen LogP contribution in [0.3, 0.4) is 0 Å². The summed E-state index contributed by atoms with van der Waals surface area (Å²) < 4.78 is 23.8. The number of Topliss-reactive ketones (excluding diaryl/α,β-unsaturated/α-hetero) is 6. The molecule has 0 aromatic heterocycles. The zero-order valence-electron chi connectivity index (χ0n) is 96.7. The van der Waals surface area contributed by atoms with E-state index in [2.05, 4.69) is 5.32 Å². The summed E-state index contributed by atoms with van der Waals surface area (Å²) >= 11 is 0. The minimum absolute atomic E-state index is 0.0163. The van der Waals surface area contributed by atoms with Crippen molar-refractivity contribution in [1.82, 2.24) is 44.5 Å². The third-order valence-electron chi connectivity index (χ3n) is 31.5. The molecule has 0 unspecified atom stereocenters. The normalized spacial score (nSPS) is 32.7. The first-order valence-electron chi connectivity index (χ1n) is 55.1. The molecule has 0 radical (unpaired) electrons. The summed E-state index contributed by atoms with van der Waals surface area (Å²) in [5, 5.41) is 48.9. The van der Waals surface area contributed by atoms with Gasteiger partial charge < -0.3 is 79.0 Å². The van der Waals surface area contributed by atoms with Gasteiger partial charge in [-0.2, -0.15) is 0 Å². The van der Waals surface area contributed by atoms with Gasteiger partial charge in [0.2, 0.25) is 47.1 Å². The molecule has 2 bridgehead atoms. The summed E-state index contributed by atoms with van der Waals surface area (Å²) in [4.78, 5) is 228. The second kappa shape index (κ2) is 62.1. The molecule has 5 aliphatic rings. The standard InChI is InChI=1S/C65H116N8O11.C51H79NO12/c1-25-27-28-44(15)59(78)58-55(76)34-47(26-2)61(80)68(19)37-56(77)69(20)49(29-38(3)4)54(75)35-48(42(11)12)62(81)70(21)50(30-39(5)6)53(74)33-45(16)60(79)66-46(17)36-67(18)51(31-40(7)8)63(82)71(22)52(32-41(9)10)64(83)72(23)57(43(13)14)65(84)73(58)24;1-30-16-12-11-13-17-31(2)43(61-9)28-39-21-19-37(8)51(60,64-39)48(57)49(58)52-23-15-14-18-40(52)50(59)63-44(34(5)27-38-20-22-41(53)33(4)26-38)29-42(54)32(3)25-36(7)46(56)47(62-10)45(55)35(6)24-30/h25,27,38-52,57-59,78H,26,28-37H2,1-24H3,(H,66,79);11-13,16-17,25,30,32-35,37-41,43-44,46-47,53,56,60H,14-15,18-24,26-29H2,1-10H3/b27-25+;13-11?,16-12+,31-17?,36-25+/t44-,45-,46-,47-,48+,49+,50+,51+,52+,57+,58-,59-;30-,32-,33-,34-,35-,37-,38+,39+,40+,41-,43+,44+,46-,47+,51-/m11/s1. The van der Waals surface area contributed by atoms with Crippen molar-refractivity contribution in [2.45, 2.75) is 405 Å². The highest BCUT2D eigenvalue weighted by atomic mass is 16.6. The van der Waals surface area contributed by atoms with E-state index in [4.69, 9.17) is 18.9 Å². The second-order valence-electron chi connectivity index (χ2n) is 47.0. The Labute approximate surface area is 887 Å². The number of piperidine rings is 1. The summed E-state index contributed by atoms with van der Waals surface area (Å²) in [6.45, 7) is 46.3. The van der Waals surface area contributed by atoms with Crippen molar-refractivity contribution >= 4 is 87.9 Å². The van der Waals surface area contributed by atoms with Gasteiger partial charge >= 0.3 is 5.97 Å². The molecule has 27 atom stereocenters. The predicted molar refractivity (Wildman–Crippen MR) is 575 cm³/mol. The van der Waals surface area contributed by atoms with Crippen LogP contribution in [0.1, 0.15) is 308 Å². The van der Waals surface area contributed by atoms with Crippen LogP contribution in [0.4, 0.5) is 0 Å². The van der Waals surface area contributed by atoms with Crippen LogP contribution in [0.2, 0.25) is 0 Å². The van der Waals surface area contributed by atoms with E-state index in [1.807, 2.05) is 165 Å². The maximum Gasteiger partial charge on any atom is 0.329 e. The molecular formula is C116H195N9O23. The summed E-state index contributed by atoms with van der Waals surface area (Å²) in [7, 11) is 13.8. The number of aliphatic hydroxyl groups is 4. The Hall–Kier alpha value is -8.37. The number of amides is 8. The number of nitrogens with one attached hydrogen (secondary N) is 1. The largest absolute Gasteiger partial charge is 0.460 e. The average Bonchev–Trinajstić information content (AvgIpc) is 0.766. The molecule has 0 aromatic carbocycles. The highest BCUT2D eigenvalue weighted by molar-refractivity contribution is 6.39. The molecule has 8 amide bonds. The quantitative estimate of drug-likeness (QED) is 0.0429. The van der Waals surface area contributed by atoms with Crippen molar-refractivity contribution in [3.63, 3.8) is 0 Å². The maximum absolute atomic E-state index is 15.2. The molecule has 1 saturated carbocycles. The topological polar surface area (TPSA) is 412 Å². The van der Waals surface area contributed by atoms with E-state index < -0.39 is 204 Å². The van der Waals surface area contributed by atoms with Crippen molar-refractivity contribution in [1.29, 1.82) is 0 Å². The number of cyclic esters (lactones) is 1. The van der Waals surface area contributed by atoms with Crippen molar-refractivity contribution in [2.75, 3.05) is 83.2 Å². The lowest BCUT2D eigenvalue weighted by Crippen LogP contribution is -2.61. The number of carbonyl (C=O) groups excluding carboxylic acids is 15. The minimum atomic E-state index is -2.42. The van der Waals surface area contributed by atoms with Crippen LogP contribution in [0.15, 0.2) is 59.8 Å². The molecule has 5 N–H and O–H groups in total. The summed E-state index contributed by atoms with van der Waals surface area (Å²) in [5.41, 5.74) is 1.28. The highest BCUT2D eigenvalue weighted by Gasteiger charge is 2.55. The SMILES string of the molecule is C/C=C/C[C@@H](C)[C@@H](O)[C@H]1C(=O)C[C@@H](CC)C(=O)N(C)CC(=O)N(C)[C@@H](CC(C)C)C(=O)C[C@@H](C(C)C)C(=O)N(C)[C@@H](CC(C)C)C(=O)C[C@@H](C)C(=O)N[C@H](C)CN(C)[C@@H](CC(C)C)C(=O)N(C)[C@@H](CC(C)C)C(=O)N(C)[C@@H](C(C)C)C(=O)N1C.CO[C@H]1C[C@@H]2CC[C@@H](C)[C@@](O)(O2)C(=O)C(=O)N2CCCC[C@H]2C(=O)O[C@H]([C@H](C)C[C@H]2CC[C@@H](O)[C@H](C)C2)CC(=O)[C@H](C)/C=C(\C)[C@@H](O)[C@@H](OC)C(=O)[C@H](C)C[C@H](C)/C=C/C=CC=C1C. The van der Waals surface area contributed by atoms with Gasteiger partial charge in [0.25, 0.3) is 11.7 Å². The molecule has 32 heteroatoms. The first kappa shape index (κ1) is 132. The summed E-state index contributed by atoms with van der Waals surface area (Å²) in [6, 6.07) is -7.85. The zero-order valence-corrected chi connectivity index (χ0v) is 96.7. The van der Waals surface area contributed by atoms with Gasteiger partial charge in [-0.3, -0.25) is 72.0 Å². The first-order valence-corrected chi connectivity index (χ1v) is 55.1. The van der Waals surface area contributed by atoms with Gasteiger partial charge in [0.05, 0.1) is 49.1 Å². The number of carbonyl (C=O) groups is 15. The van der Waals surface area contributed by atoms with Gasteiger partial charge in [0.15, 0.2) is 23.1 Å². The number of ketones is 6. The minimum Gasteiger partial charge on any atom is -0.460 e. The molecule has 4 fully saturated rings. The lowest BCUT2D eigenvalue weighted by molar-refractivity contribution is -0.265. The van der Waals surface area contributed by atoms with Crippen LogP contribution in [0, 0.1) is 101 Å². The van der Waals surface area contributed by atoms with Crippen LogP contribution in [0.25, 0.3) is 0 Å². The van der Waals surface area contributed by atoms with Crippen LogP contribution < -0.4 is 5.32 Å². The van der Waals surface area contributed by atoms with E-state index in [-0.39, 0.29) is 152 Å². The van der Waals surface area contributed by atoms with Crippen LogP contribution in [-0.4, -0.2) is 328 Å². The first-order chi connectivity index (χ1) is 69.0. The Kier molecular flexibility index (Phi) is 55.4. The number of rotatable bonds is 20. The Balaban J connectivity index is 0.000000637. The fraction of sp³-hybridized carbons (Fsp3) is 0.784. The molecule has 1 aliphatic carbocycles. The Morgan fingerprint density at radius 2 is 1.13 bits per heavy atom. The van der Waals surface area contributed by atoms with Crippen LogP contribution in [0.5, 0.6) is 0 Å². The van der Waals surface area contributed by atoms with E-state index in [1.54, 1.807) is 89.7 Å². The van der Waals surface area contributed by atoms with Gasteiger partial charge in [-0.1, -0.05) is 194 Å². The smallest absolute Gasteiger partial charge is 0.329 e. The van der Waals surface area contributed by atoms with E-state index >= 15 is 9.59 Å². The number of fused-ring (bicyclic) bond motifs is 3. The molecule has 4 heterocycles. The van der Waals surface area contributed by atoms with Gasteiger partial charge in [0, 0.05) is 143 Å². The predicted octanol–water partition coefficient (Wildman–Crippen LogP) is 13.8. The number of hydrogen-bond donors (Lipinski definition) is 5. The van der Waals surface area contributed by atoms with Crippen molar-refractivity contribution in [3.05, 3.63) is 59.8 Å². The lowest BCUT2D eigenvalue weighted by atomic mass is 9.75. The van der Waals surface area contributed by atoms with Crippen molar-refractivity contribution in [3.8, 4) is 0 Å². The molecule has 148 heavy (non-hydrogen) atoms. The third kappa shape index (κ3) is 38.1. The highest BCUT2D eigenvalue weighted by Crippen LogP contribution is 2.40. The van der Waals surface area contributed by atoms with Crippen molar-refractivity contribution < 1.29 is 111 Å². The van der Waals surface area contributed by atoms with Crippen LogP contribution >= 0.6 is 0 Å². The number of aliphatic hydroxyl groups excluding tert-OH is 3. The molecule has 3 saturated heterocycles. The van der Waals surface area contributed by atoms with E-state index in [9.17, 15) is 82.8 Å². The van der Waals surface area contributed by atoms with Gasteiger partial charge in [-0.15, -0.1) is 0 Å². The Bertz CT molecular complexity index is 4520. The molecule has 0 aromatic rings. The Morgan fingerprint density at radius 1 is 0.561 bits per heavy atom. The maximum atomic E-state index is 15.2. The number of methoxy groups -OCH3 is 2. The van der Waals surface area contributed by atoms with Crippen LogP contribution in [-0.2, 0) is 90.9 Å². The molecule has 4 aliphatic heterocycles. The fourth-order valence-electron chi connectivity index (χ4n) is 21.8. The van der Waals surface area contributed by atoms with Crippen molar-refractivity contribution in [2.24, 2.45) is 101 Å². The second-order valence-corrected chi connectivity index (χ2v) is 47.0. The lowest BCUT2D eigenvalue weighted by Gasteiger charge is -2.42. The average molecular weight is 2080 g/mol. The molecule has 0 spiro atoms. The molecule has 5 rings (SSSR count).